The van der Waals surface area contributed by atoms with Crippen molar-refractivity contribution in [2.75, 3.05) is 0 Å². The van der Waals surface area contributed by atoms with E-state index < -0.39 is 11.9 Å². The fourth-order valence-electron chi connectivity index (χ4n) is 2.38. The summed E-state index contributed by atoms with van der Waals surface area (Å²) in [4.78, 5) is 0. The first-order valence-electron chi connectivity index (χ1n) is 7.17. The van der Waals surface area contributed by atoms with Crippen LogP contribution in [0.25, 0.3) is 0 Å². The highest BCUT2D eigenvalue weighted by Crippen LogP contribution is 2.24. The number of aliphatic hydroxyl groups is 1. The largest absolute Gasteiger partial charge is 0.388 e. The summed E-state index contributed by atoms with van der Waals surface area (Å²) in [6.45, 7) is 4.34. The third-order valence-electron chi connectivity index (χ3n) is 3.45. The highest BCUT2D eigenvalue weighted by Gasteiger charge is 2.13. The van der Waals surface area contributed by atoms with Crippen molar-refractivity contribution in [1.29, 1.82) is 0 Å². The summed E-state index contributed by atoms with van der Waals surface area (Å²) in [7, 11) is 0. The van der Waals surface area contributed by atoms with Gasteiger partial charge in [0, 0.05) is 6.42 Å². The van der Waals surface area contributed by atoms with Gasteiger partial charge < -0.3 is 5.11 Å². The molecule has 0 aliphatic rings. The van der Waals surface area contributed by atoms with Gasteiger partial charge in [-0.2, -0.15) is 0 Å². The van der Waals surface area contributed by atoms with E-state index >= 15 is 0 Å². The van der Waals surface area contributed by atoms with E-state index in [2.05, 4.69) is 13.8 Å². The highest BCUT2D eigenvalue weighted by molar-refractivity contribution is 6.30. The van der Waals surface area contributed by atoms with E-state index in [1.54, 1.807) is 12.1 Å². The van der Waals surface area contributed by atoms with Crippen molar-refractivity contribution in [3.63, 3.8) is 0 Å². The second-order valence-corrected chi connectivity index (χ2v) is 6.18. The van der Waals surface area contributed by atoms with Crippen molar-refractivity contribution in [2.45, 2.75) is 32.8 Å². The third kappa shape index (κ3) is 4.29. The van der Waals surface area contributed by atoms with Crippen LogP contribution in [-0.2, 0) is 12.8 Å². The second kappa shape index (κ2) is 7.06. The molecule has 1 atom stereocenters. The molecule has 0 aromatic heterocycles. The molecule has 3 heteroatoms. The Kier molecular flexibility index (Phi) is 5.38. The Balaban J connectivity index is 2.09. The summed E-state index contributed by atoms with van der Waals surface area (Å²) in [5, 5.41) is 10.3. The zero-order valence-corrected chi connectivity index (χ0v) is 13.1. The van der Waals surface area contributed by atoms with Crippen LogP contribution < -0.4 is 0 Å². The molecule has 1 N–H and O–H groups in total. The van der Waals surface area contributed by atoms with Gasteiger partial charge in [-0.1, -0.05) is 61.8 Å². The number of halogens is 2. The maximum absolute atomic E-state index is 13.8. The van der Waals surface area contributed by atoms with Crippen LogP contribution in [0.2, 0.25) is 5.02 Å². The van der Waals surface area contributed by atoms with Crippen molar-refractivity contribution in [2.24, 2.45) is 5.92 Å². The van der Waals surface area contributed by atoms with E-state index in [4.69, 9.17) is 11.6 Å². The van der Waals surface area contributed by atoms with Gasteiger partial charge in [0.2, 0.25) is 0 Å². The third-order valence-corrected chi connectivity index (χ3v) is 3.75. The lowest BCUT2D eigenvalue weighted by atomic mass is 9.97. The van der Waals surface area contributed by atoms with E-state index in [0.29, 0.717) is 11.5 Å². The molecule has 2 rings (SSSR count). The van der Waals surface area contributed by atoms with Crippen molar-refractivity contribution in [1.82, 2.24) is 0 Å². The Bertz CT molecular complexity index is 593. The molecule has 0 aliphatic heterocycles. The maximum Gasteiger partial charge on any atom is 0.145 e. The molecule has 1 unspecified atom stereocenters. The van der Waals surface area contributed by atoms with E-state index in [1.165, 1.54) is 11.6 Å². The summed E-state index contributed by atoms with van der Waals surface area (Å²) in [6.07, 6.45) is 0.501. The minimum absolute atomic E-state index is 0.0898. The molecular formula is C18H20ClFO. The quantitative estimate of drug-likeness (QED) is 0.828. The molecular weight excluding hydrogens is 287 g/mol. The van der Waals surface area contributed by atoms with Crippen LogP contribution in [0.15, 0.2) is 42.5 Å². The van der Waals surface area contributed by atoms with Gasteiger partial charge in [0.05, 0.1) is 11.1 Å². The fourth-order valence-corrected chi connectivity index (χ4v) is 2.57. The van der Waals surface area contributed by atoms with E-state index in [0.717, 1.165) is 12.0 Å². The number of hydrogen-bond acceptors (Lipinski definition) is 1. The molecule has 0 bridgehead atoms. The molecule has 0 heterocycles. The van der Waals surface area contributed by atoms with E-state index in [-0.39, 0.29) is 11.4 Å². The molecule has 0 aliphatic carbocycles. The predicted molar refractivity (Wildman–Crippen MR) is 85.1 cm³/mol. The lowest BCUT2D eigenvalue weighted by Crippen LogP contribution is -2.04. The summed E-state index contributed by atoms with van der Waals surface area (Å²) in [6, 6.07) is 12.7. The topological polar surface area (TPSA) is 20.2 Å². The smallest absolute Gasteiger partial charge is 0.145 e. The molecule has 0 spiro atoms. The number of hydrogen-bond donors (Lipinski definition) is 1. The predicted octanol–water partition coefficient (Wildman–Crippen LogP) is 4.95. The molecule has 0 radical (unpaired) electrons. The Morgan fingerprint density at radius 3 is 2.33 bits per heavy atom. The Labute approximate surface area is 130 Å². The lowest BCUT2D eigenvalue weighted by molar-refractivity contribution is 0.177. The van der Waals surface area contributed by atoms with Crippen molar-refractivity contribution in [3.05, 3.63) is 70.0 Å². The van der Waals surface area contributed by atoms with Gasteiger partial charge in [-0.3, -0.25) is 0 Å². The minimum atomic E-state index is -0.730. The zero-order valence-electron chi connectivity index (χ0n) is 12.3. The molecule has 2 aromatic carbocycles. The van der Waals surface area contributed by atoms with Crippen molar-refractivity contribution in [3.8, 4) is 0 Å². The lowest BCUT2D eigenvalue weighted by Gasteiger charge is -2.13. The summed E-state index contributed by atoms with van der Waals surface area (Å²) in [5.41, 5.74) is 2.47. The van der Waals surface area contributed by atoms with Crippen molar-refractivity contribution < 1.29 is 9.50 Å². The summed E-state index contributed by atoms with van der Waals surface area (Å²) < 4.78 is 13.8. The normalized spacial score (nSPS) is 12.7. The molecule has 21 heavy (non-hydrogen) atoms. The highest BCUT2D eigenvalue weighted by atomic mass is 35.5. The number of rotatable bonds is 5. The van der Waals surface area contributed by atoms with Gasteiger partial charge in [0.15, 0.2) is 0 Å². The van der Waals surface area contributed by atoms with Crippen LogP contribution in [0.4, 0.5) is 4.39 Å². The molecule has 0 saturated carbocycles. The fraction of sp³-hybridized carbons (Fsp3) is 0.333. The van der Waals surface area contributed by atoms with Gasteiger partial charge in [0.1, 0.15) is 5.82 Å². The molecule has 1 nitrogen and oxygen atoms in total. The SMILES string of the molecule is CC(C)Cc1ccc(C(O)Cc2cccc(Cl)c2F)cc1. The molecule has 0 amide bonds. The number of benzene rings is 2. The molecule has 112 valence electrons. The Morgan fingerprint density at radius 1 is 1.05 bits per heavy atom. The van der Waals surface area contributed by atoms with Crippen molar-refractivity contribution >= 4 is 11.6 Å². The number of aliphatic hydroxyl groups excluding tert-OH is 1. The minimum Gasteiger partial charge on any atom is -0.388 e. The average molecular weight is 307 g/mol. The first kappa shape index (κ1) is 16.0. The van der Waals surface area contributed by atoms with Gasteiger partial charge in [-0.25, -0.2) is 4.39 Å². The second-order valence-electron chi connectivity index (χ2n) is 5.77. The van der Waals surface area contributed by atoms with E-state index in [9.17, 15) is 9.50 Å². The monoisotopic (exact) mass is 306 g/mol. The van der Waals surface area contributed by atoms with Gasteiger partial charge >= 0.3 is 0 Å². The van der Waals surface area contributed by atoms with Gasteiger partial charge in [0.25, 0.3) is 0 Å². The van der Waals surface area contributed by atoms with Crippen LogP contribution in [0.5, 0.6) is 0 Å². The van der Waals surface area contributed by atoms with Crippen LogP contribution >= 0.6 is 11.6 Å². The van der Waals surface area contributed by atoms with E-state index in [1.807, 2.05) is 24.3 Å². The van der Waals surface area contributed by atoms with Crippen LogP contribution in [-0.4, -0.2) is 5.11 Å². The van der Waals surface area contributed by atoms with Crippen LogP contribution in [0, 0.1) is 11.7 Å². The first-order chi connectivity index (χ1) is 9.97. The van der Waals surface area contributed by atoms with Crippen LogP contribution in [0.1, 0.15) is 36.6 Å². The summed E-state index contributed by atoms with van der Waals surface area (Å²) in [5.74, 6) is 0.149. The molecule has 0 saturated heterocycles. The maximum atomic E-state index is 13.8. The Hall–Kier alpha value is -1.38. The molecule has 0 fully saturated rings. The van der Waals surface area contributed by atoms with Gasteiger partial charge in [-0.05, 0) is 35.1 Å². The average Bonchev–Trinajstić information content (AvgIpc) is 2.44. The first-order valence-corrected chi connectivity index (χ1v) is 7.55. The Morgan fingerprint density at radius 2 is 1.71 bits per heavy atom. The standard InChI is InChI=1S/C18H20ClFO/c1-12(2)10-13-6-8-14(9-7-13)17(21)11-15-4-3-5-16(19)18(15)20/h3-9,12,17,21H,10-11H2,1-2H3. The zero-order chi connectivity index (χ0) is 15.4. The summed E-state index contributed by atoms with van der Waals surface area (Å²) >= 11 is 5.76. The van der Waals surface area contributed by atoms with Gasteiger partial charge in [-0.15, -0.1) is 0 Å². The van der Waals surface area contributed by atoms with Crippen LogP contribution in [0.3, 0.4) is 0 Å². The molecule has 2 aromatic rings.